The molecule has 0 N–H and O–H groups in total. The Hall–Kier alpha value is -1.73. The fourth-order valence-electron chi connectivity index (χ4n) is 3.52. The Morgan fingerprint density at radius 2 is 2.04 bits per heavy atom. The van der Waals surface area contributed by atoms with Crippen LogP contribution in [0.3, 0.4) is 0 Å². The van der Waals surface area contributed by atoms with Crippen molar-refractivity contribution in [1.82, 2.24) is 14.9 Å². The first kappa shape index (κ1) is 19.0. The highest BCUT2D eigenvalue weighted by Crippen LogP contribution is 2.22. The normalized spacial score (nSPS) is 19.0. The molecule has 0 aliphatic carbocycles. The molecule has 1 aliphatic rings. The number of benzene rings is 1. The van der Waals surface area contributed by atoms with Crippen molar-refractivity contribution in [3.8, 4) is 0 Å². The van der Waals surface area contributed by atoms with E-state index in [1.807, 2.05) is 14.0 Å². The second kappa shape index (κ2) is 7.48. The van der Waals surface area contributed by atoms with Crippen LogP contribution in [0.2, 0.25) is 0 Å². The second-order valence-corrected chi connectivity index (χ2v) is 9.38. The number of piperidine rings is 1. The Kier molecular flexibility index (Phi) is 5.48. The van der Waals surface area contributed by atoms with Crippen molar-refractivity contribution >= 4 is 26.7 Å². The fraction of sp³-hybridized carbons (Fsp3) is 0.579. The third-order valence-corrected chi connectivity index (χ3v) is 6.39. The Balaban J connectivity index is 1.82. The predicted octanol–water partition coefficient (Wildman–Crippen LogP) is 2.65. The molecule has 3 rings (SSSR count). The van der Waals surface area contributed by atoms with E-state index in [9.17, 15) is 8.42 Å². The molecule has 7 heteroatoms. The number of nitrogens with zero attached hydrogens (tertiary/aromatic N) is 4. The maximum atomic E-state index is 11.8. The van der Waals surface area contributed by atoms with E-state index in [0.717, 1.165) is 30.7 Å². The molecule has 0 bridgehead atoms. The van der Waals surface area contributed by atoms with Gasteiger partial charge in [-0.05, 0) is 51.4 Å². The first-order chi connectivity index (χ1) is 12.3. The summed E-state index contributed by atoms with van der Waals surface area (Å²) in [5.41, 5.74) is 1.54. The lowest BCUT2D eigenvalue weighted by molar-refractivity contribution is 0.165. The molecular formula is C19H28N4O2S. The van der Waals surface area contributed by atoms with Gasteiger partial charge in [-0.2, -0.15) is 0 Å². The first-order valence-corrected chi connectivity index (χ1v) is 11.1. The number of rotatable bonds is 5. The number of likely N-dealkylation sites (tertiary alicyclic amines) is 1. The SMILES string of the molecule is Cc1nc(N(C)CCN2CCCCC2C)nc2cc(S(C)(=O)=O)ccc12. The molecule has 2 heterocycles. The molecule has 0 saturated carbocycles. The second-order valence-electron chi connectivity index (χ2n) is 7.36. The summed E-state index contributed by atoms with van der Waals surface area (Å²) >= 11 is 0. The van der Waals surface area contributed by atoms with Crippen molar-refractivity contribution in [2.24, 2.45) is 0 Å². The van der Waals surface area contributed by atoms with Gasteiger partial charge in [-0.1, -0.05) is 6.42 Å². The van der Waals surface area contributed by atoms with Crippen molar-refractivity contribution in [2.75, 3.05) is 37.8 Å². The third-order valence-electron chi connectivity index (χ3n) is 5.28. The number of likely N-dealkylation sites (N-methyl/N-ethyl adjacent to an activating group) is 1. The van der Waals surface area contributed by atoms with Gasteiger partial charge in [0.15, 0.2) is 9.84 Å². The smallest absolute Gasteiger partial charge is 0.225 e. The quantitative estimate of drug-likeness (QED) is 0.799. The summed E-state index contributed by atoms with van der Waals surface area (Å²) in [6, 6.07) is 5.69. The predicted molar refractivity (Wildman–Crippen MR) is 106 cm³/mol. The van der Waals surface area contributed by atoms with Gasteiger partial charge >= 0.3 is 0 Å². The molecule has 1 atom stereocenters. The Morgan fingerprint density at radius 3 is 2.73 bits per heavy atom. The summed E-state index contributed by atoms with van der Waals surface area (Å²) in [6.45, 7) is 7.23. The van der Waals surface area contributed by atoms with Crippen LogP contribution < -0.4 is 4.90 Å². The van der Waals surface area contributed by atoms with E-state index >= 15 is 0 Å². The van der Waals surface area contributed by atoms with Gasteiger partial charge in [-0.3, -0.25) is 4.90 Å². The lowest BCUT2D eigenvalue weighted by Gasteiger charge is -2.34. The molecule has 142 valence electrons. The molecule has 0 radical (unpaired) electrons. The summed E-state index contributed by atoms with van der Waals surface area (Å²) in [6.07, 6.45) is 5.08. The molecule has 1 aromatic heterocycles. The van der Waals surface area contributed by atoms with Gasteiger partial charge in [0.2, 0.25) is 5.95 Å². The zero-order valence-corrected chi connectivity index (χ0v) is 16.9. The number of aryl methyl sites for hydroxylation is 1. The summed E-state index contributed by atoms with van der Waals surface area (Å²) in [7, 11) is -1.26. The lowest BCUT2D eigenvalue weighted by Crippen LogP contribution is -2.42. The van der Waals surface area contributed by atoms with E-state index in [-0.39, 0.29) is 0 Å². The third kappa shape index (κ3) is 4.15. The van der Waals surface area contributed by atoms with Gasteiger partial charge < -0.3 is 4.90 Å². The first-order valence-electron chi connectivity index (χ1n) is 9.19. The molecule has 1 fully saturated rings. The summed E-state index contributed by atoms with van der Waals surface area (Å²) in [4.78, 5) is 14.1. The van der Waals surface area contributed by atoms with Crippen LogP contribution >= 0.6 is 0 Å². The van der Waals surface area contributed by atoms with Crippen molar-refractivity contribution < 1.29 is 8.42 Å². The molecule has 26 heavy (non-hydrogen) atoms. The molecule has 1 unspecified atom stereocenters. The van der Waals surface area contributed by atoms with Crippen LogP contribution in [0.5, 0.6) is 0 Å². The van der Waals surface area contributed by atoms with Crippen LogP contribution in [0.4, 0.5) is 5.95 Å². The van der Waals surface area contributed by atoms with Crippen LogP contribution in [0.25, 0.3) is 10.9 Å². The maximum absolute atomic E-state index is 11.8. The van der Waals surface area contributed by atoms with Crippen molar-refractivity contribution in [2.45, 2.75) is 44.0 Å². The Morgan fingerprint density at radius 1 is 1.27 bits per heavy atom. The van der Waals surface area contributed by atoms with E-state index in [1.54, 1.807) is 18.2 Å². The molecule has 1 aliphatic heterocycles. The number of hydrogen-bond donors (Lipinski definition) is 0. The standard InChI is InChI=1S/C19H28N4O2S/c1-14-7-5-6-10-23(14)12-11-22(3)19-20-15(2)17-9-8-16(26(4,24)25)13-18(17)21-19/h8-9,13-14H,5-7,10-12H2,1-4H3. The largest absolute Gasteiger partial charge is 0.343 e. The molecule has 6 nitrogen and oxygen atoms in total. The van der Waals surface area contributed by atoms with Crippen LogP contribution in [0, 0.1) is 6.92 Å². The van der Waals surface area contributed by atoms with Crippen LogP contribution in [0.15, 0.2) is 23.1 Å². The Labute approximate surface area is 156 Å². The maximum Gasteiger partial charge on any atom is 0.225 e. The van der Waals surface area contributed by atoms with E-state index in [4.69, 9.17) is 0 Å². The topological polar surface area (TPSA) is 66.4 Å². The minimum Gasteiger partial charge on any atom is -0.343 e. The van der Waals surface area contributed by atoms with E-state index in [2.05, 4.69) is 26.7 Å². The number of hydrogen-bond acceptors (Lipinski definition) is 6. The average molecular weight is 377 g/mol. The van der Waals surface area contributed by atoms with E-state index in [0.29, 0.717) is 22.4 Å². The summed E-state index contributed by atoms with van der Waals surface area (Å²) in [5, 5.41) is 0.888. The Bertz CT molecular complexity index is 898. The number of sulfone groups is 1. The van der Waals surface area contributed by atoms with Crippen molar-refractivity contribution in [3.05, 3.63) is 23.9 Å². The van der Waals surface area contributed by atoms with Crippen LogP contribution in [-0.4, -0.2) is 62.3 Å². The monoisotopic (exact) mass is 376 g/mol. The van der Waals surface area contributed by atoms with Crippen molar-refractivity contribution in [3.63, 3.8) is 0 Å². The average Bonchev–Trinajstić information content (AvgIpc) is 2.59. The number of anilines is 1. The molecule has 2 aromatic rings. The van der Waals surface area contributed by atoms with E-state index in [1.165, 1.54) is 25.5 Å². The molecular weight excluding hydrogens is 348 g/mol. The van der Waals surface area contributed by atoms with Gasteiger partial charge in [0.25, 0.3) is 0 Å². The van der Waals surface area contributed by atoms with Gasteiger partial charge in [0, 0.05) is 37.8 Å². The van der Waals surface area contributed by atoms with Crippen LogP contribution in [-0.2, 0) is 9.84 Å². The zero-order valence-electron chi connectivity index (χ0n) is 16.1. The highest BCUT2D eigenvalue weighted by molar-refractivity contribution is 7.90. The highest BCUT2D eigenvalue weighted by Gasteiger charge is 2.19. The van der Waals surface area contributed by atoms with Gasteiger partial charge in [0.05, 0.1) is 16.1 Å². The highest BCUT2D eigenvalue weighted by atomic mass is 32.2. The summed E-state index contributed by atoms with van der Waals surface area (Å²) in [5.74, 6) is 0.644. The lowest BCUT2D eigenvalue weighted by atomic mass is 10.0. The molecule has 1 saturated heterocycles. The van der Waals surface area contributed by atoms with E-state index < -0.39 is 9.84 Å². The molecule has 0 spiro atoms. The summed E-state index contributed by atoms with van der Waals surface area (Å²) < 4.78 is 23.7. The zero-order chi connectivity index (χ0) is 18.9. The molecule has 0 amide bonds. The number of aromatic nitrogens is 2. The van der Waals surface area contributed by atoms with Gasteiger partial charge in [0.1, 0.15) is 0 Å². The number of fused-ring (bicyclic) bond motifs is 1. The molecule has 1 aromatic carbocycles. The fourth-order valence-corrected chi connectivity index (χ4v) is 4.16. The minimum atomic E-state index is -3.25. The van der Waals surface area contributed by atoms with Crippen molar-refractivity contribution in [1.29, 1.82) is 0 Å². The van der Waals surface area contributed by atoms with Gasteiger partial charge in [-0.15, -0.1) is 0 Å². The minimum absolute atomic E-state index is 0.291. The van der Waals surface area contributed by atoms with Crippen LogP contribution in [0.1, 0.15) is 31.9 Å². The van der Waals surface area contributed by atoms with Gasteiger partial charge in [-0.25, -0.2) is 18.4 Å².